The monoisotopic (exact) mass is 688 g/mol. The molecule has 15 nitrogen and oxygen atoms in total. The van der Waals surface area contributed by atoms with Gasteiger partial charge in [-0.3, -0.25) is 38.6 Å². The van der Waals surface area contributed by atoms with Crippen LogP contribution in [0.5, 0.6) is 0 Å². The fourth-order valence-electron chi connectivity index (χ4n) is 4.20. The van der Waals surface area contributed by atoms with Gasteiger partial charge in [-0.2, -0.15) is 0 Å². The zero-order valence-corrected chi connectivity index (χ0v) is 31.0. The van der Waals surface area contributed by atoms with E-state index in [0.29, 0.717) is 12.8 Å². The molecule has 15 heteroatoms. The second kappa shape index (κ2) is 19.0. The van der Waals surface area contributed by atoms with Crippen molar-refractivity contribution in [3.8, 4) is 0 Å². The molecule has 278 valence electrons. The molecule has 0 aromatic heterocycles. The number of nitrogens with one attached hydrogen (secondary N) is 1. The highest BCUT2D eigenvalue weighted by Crippen LogP contribution is 2.15. The van der Waals surface area contributed by atoms with Crippen LogP contribution in [0.4, 0.5) is 0 Å². The smallest absolute Gasteiger partial charge is 0.320 e. The minimum absolute atomic E-state index is 0.118. The predicted octanol–water partition coefficient (Wildman–Crippen LogP) is 2.02. The number of esters is 4. The number of carboxylic acid groups (broad SMARTS) is 1. The molecule has 0 aromatic carbocycles. The molecule has 48 heavy (non-hydrogen) atoms. The second-order valence-electron chi connectivity index (χ2n) is 15.7. The van der Waals surface area contributed by atoms with Gasteiger partial charge in [0.05, 0.1) is 26.2 Å². The summed E-state index contributed by atoms with van der Waals surface area (Å²) in [6.07, 6.45) is 0.982. The Bertz CT molecular complexity index is 1040. The fourth-order valence-corrected chi connectivity index (χ4v) is 4.20. The van der Waals surface area contributed by atoms with E-state index >= 15 is 0 Å². The lowest BCUT2D eigenvalue weighted by Crippen LogP contribution is -2.57. The van der Waals surface area contributed by atoms with Crippen molar-refractivity contribution in [1.29, 1.82) is 0 Å². The number of nitrogens with zero attached hydrogens (tertiary/aromatic N) is 2. The number of hydrogen-bond acceptors (Lipinski definition) is 13. The maximum atomic E-state index is 13.9. The van der Waals surface area contributed by atoms with Crippen LogP contribution < -0.4 is 11.1 Å². The molecule has 1 unspecified atom stereocenters. The van der Waals surface area contributed by atoms with E-state index in [9.17, 15) is 28.8 Å². The molecule has 0 bridgehead atoms. The maximum Gasteiger partial charge on any atom is 0.320 e. The molecule has 0 saturated carbocycles. The molecule has 4 N–H and O–H groups in total. The summed E-state index contributed by atoms with van der Waals surface area (Å²) in [6.45, 7) is 18.1. The summed E-state index contributed by atoms with van der Waals surface area (Å²) in [5.41, 5.74) is 2.15. The maximum absolute atomic E-state index is 13.9. The third-order valence-electron chi connectivity index (χ3n) is 5.78. The van der Waals surface area contributed by atoms with E-state index < -0.39 is 96.4 Å². The van der Waals surface area contributed by atoms with Crippen LogP contribution in [0.1, 0.15) is 102 Å². The Labute approximate surface area is 285 Å². The van der Waals surface area contributed by atoms with Crippen LogP contribution in [0.15, 0.2) is 0 Å². The van der Waals surface area contributed by atoms with E-state index in [1.54, 1.807) is 83.1 Å². The summed E-state index contributed by atoms with van der Waals surface area (Å²) in [4.78, 5) is 79.5. The Morgan fingerprint density at radius 3 is 1.31 bits per heavy atom. The van der Waals surface area contributed by atoms with Gasteiger partial charge in [0.15, 0.2) is 0 Å². The Balaban J connectivity index is 6.61. The van der Waals surface area contributed by atoms with Gasteiger partial charge >= 0.3 is 29.8 Å². The number of unbranched alkanes of at least 4 members (excludes halogenated alkanes) is 1. The average molecular weight is 689 g/mol. The lowest BCUT2D eigenvalue weighted by molar-refractivity contribution is -0.165. The van der Waals surface area contributed by atoms with Crippen LogP contribution in [0.25, 0.3) is 0 Å². The fraction of sp³-hybridized carbons (Fsp3) is 0.818. The topological polar surface area (TPSA) is 204 Å². The van der Waals surface area contributed by atoms with Crippen molar-refractivity contribution in [1.82, 2.24) is 15.1 Å². The van der Waals surface area contributed by atoms with Crippen LogP contribution in [0.3, 0.4) is 0 Å². The number of aliphatic carboxylic acids is 1. The quantitative estimate of drug-likeness (QED) is 0.107. The minimum atomic E-state index is -1.28. The molecule has 0 spiro atoms. The van der Waals surface area contributed by atoms with E-state index in [0.717, 1.165) is 0 Å². The van der Waals surface area contributed by atoms with Gasteiger partial charge in [0, 0.05) is 13.1 Å². The van der Waals surface area contributed by atoms with Gasteiger partial charge in [-0.1, -0.05) is 0 Å². The Hall–Kier alpha value is -3.30. The standard InChI is InChI=1S/C33H60N4O11/c1-30(2,3)45-24(38)18-36(19-25(39)46-31(4,5)6)17-23(28(42)35-16-14-13-15-22(34)29(43)44)37(20-26(40)47-32(7,8)9)21-27(41)48-33(10,11)12/h22-23H,13-21,34H2,1-12H3,(H,35,42)(H,43,44)/t22-,23?/m1/s1. The Kier molecular flexibility index (Phi) is 17.7. The van der Waals surface area contributed by atoms with Crippen molar-refractivity contribution in [2.75, 3.05) is 39.3 Å². The van der Waals surface area contributed by atoms with Crippen molar-refractivity contribution in [3.63, 3.8) is 0 Å². The molecule has 0 radical (unpaired) electrons. The molecule has 0 aliphatic carbocycles. The highest BCUT2D eigenvalue weighted by Gasteiger charge is 2.35. The predicted molar refractivity (Wildman–Crippen MR) is 178 cm³/mol. The average Bonchev–Trinajstić information content (AvgIpc) is 2.81. The first-order valence-electron chi connectivity index (χ1n) is 16.2. The molecule has 0 aromatic rings. The zero-order chi connectivity index (χ0) is 37.7. The van der Waals surface area contributed by atoms with Crippen LogP contribution in [0, 0.1) is 0 Å². The summed E-state index contributed by atoms with van der Waals surface area (Å²) in [6, 6.07) is -2.32. The number of rotatable bonds is 18. The Morgan fingerprint density at radius 2 is 0.979 bits per heavy atom. The van der Waals surface area contributed by atoms with Crippen LogP contribution in [-0.4, -0.2) is 124 Å². The number of carboxylic acids is 1. The normalized spacial score (nSPS) is 13.8. The van der Waals surface area contributed by atoms with Gasteiger partial charge in [-0.05, 0) is 102 Å². The molecule has 1 amide bonds. The first-order valence-corrected chi connectivity index (χ1v) is 16.2. The van der Waals surface area contributed by atoms with E-state index in [2.05, 4.69) is 5.32 Å². The molecule has 2 atom stereocenters. The molecular formula is C33H60N4O11. The zero-order valence-electron chi connectivity index (χ0n) is 31.0. The molecule has 0 aliphatic heterocycles. The highest BCUT2D eigenvalue weighted by atomic mass is 16.6. The molecule has 0 aliphatic rings. The number of carbonyl (C=O) groups excluding carboxylic acids is 5. The molecule has 0 rings (SSSR count). The SMILES string of the molecule is CC(C)(C)OC(=O)CN(CC(=O)OC(C)(C)C)CC(C(=O)NCCCC[C@@H](N)C(=O)O)N(CC(=O)OC(C)(C)C)CC(=O)OC(C)(C)C. The lowest BCUT2D eigenvalue weighted by Gasteiger charge is -2.35. The Morgan fingerprint density at radius 1 is 0.625 bits per heavy atom. The summed E-state index contributed by atoms with van der Waals surface area (Å²) in [7, 11) is 0. The van der Waals surface area contributed by atoms with Gasteiger partial charge < -0.3 is 35.1 Å². The van der Waals surface area contributed by atoms with E-state index in [1.165, 1.54) is 9.80 Å². The van der Waals surface area contributed by atoms with Gasteiger partial charge in [0.2, 0.25) is 5.91 Å². The van der Waals surface area contributed by atoms with Crippen LogP contribution in [-0.2, 0) is 47.7 Å². The van der Waals surface area contributed by atoms with Crippen molar-refractivity contribution >= 4 is 35.8 Å². The van der Waals surface area contributed by atoms with Gasteiger partial charge in [-0.25, -0.2) is 0 Å². The highest BCUT2D eigenvalue weighted by molar-refractivity contribution is 5.85. The van der Waals surface area contributed by atoms with E-state index in [1.807, 2.05) is 0 Å². The number of nitrogens with two attached hydrogens (primary N) is 1. The summed E-state index contributed by atoms with van der Waals surface area (Å²) >= 11 is 0. The number of ether oxygens (including phenoxy) is 4. The first kappa shape index (κ1) is 44.7. The van der Waals surface area contributed by atoms with Crippen molar-refractivity contribution in [2.24, 2.45) is 5.73 Å². The van der Waals surface area contributed by atoms with Crippen LogP contribution in [0.2, 0.25) is 0 Å². The summed E-state index contributed by atoms with van der Waals surface area (Å²) < 4.78 is 21.9. The summed E-state index contributed by atoms with van der Waals surface area (Å²) in [5, 5.41) is 11.8. The minimum Gasteiger partial charge on any atom is -0.480 e. The van der Waals surface area contributed by atoms with E-state index in [-0.39, 0.29) is 19.5 Å². The third-order valence-corrected chi connectivity index (χ3v) is 5.78. The number of hydrogen-bond donors (Lipinski definition) is 3. The second-order valence-corrected chi connectivity index (χ2v) is 15.7. The van der Waals surface area contributed by atoms with E-state index in [4.69, 9.17) is 29.8 Å². The van der Waals surface area contributed by atoms with Gasteiger partial charge in [0.1, 0.15) is 34.5 Å². The van der Waals surface area contributed by atoms with Crippen molar-refractivity contribution < 1.29 is 52.8 Å². The lowest BCUT2D eigenvalue weighted by atomic mass is 10.1. The number of amides is 1. The summed E-state index contributed by atoms with van der Waals surface area (Å²) in [5.74, 6) is -4.55. The molecular weight excluding hydrogens is 628 g/mol. The van der Waals surface area contributed by atoms with Gasteiger partial charge in [0.25, 0.3) is 0 Å². The largest absolute Gasteiger partial charge is 0.480 e. The van der Waals surface area contributed by atoms with Crippen molar-refractivity contribution in [3.05, 3.63) is 0 Å². The van der Waals surface area contributed by atoms with Crippen molar-refractivity contribution in [2.45, 2.75) is 137 Å². The number of carbonyl (C=O) groups is 6. The molecule has 0 saturated heterocycles. The van der Waals surface area contributed by atoms with Gasteiger partial charge in [-0.15, -0.1) is 0 Å². The molecule has 0 fully saturated rings. The third kappa shape index (κ3) is 23.1. The van der Waals surface area contributed by atoms with Crippen LogP contribution >= 0.6 is 0 Å². The first-order chi connectivity index (χ1) is 21.6. The molecule has 0 heterocycles.